The quantitative estimate of drug-likeness (QED) is 0.437. The van der Waals surface area contributed by atoms with E-state index < -0.39 is 42.0 Å². The predicted molar refractivity (Wildman–Crippen MR) is 146 cm³/mol. The van der Waals surface area contributed by atoms with E-state index in [4.69, 9.17) is 4.74 Å². The number of hydrogen-bond acceptors (Lipinski definition) is 5. The third-order valence-electron chi connectivity index (χ3n) is 6.75. The van der Waals surface area contributed by atoms with Gasteiger partial charge in [-0.15, -0.1) is 0 Å². The second-order valence-corrected chi connectivity index (χ2v) is 11.9. The maximum absolute atomic E-state index is 13.8. The van der Waals surface area contributed by atoms with Crippen LogP contribution >= 0.6 is 0 Å². The molecule has 1 aliphatic carbocycles. The number of ether oxygens (including phenoxy) is 1. The zero-order chi connectivity index (χ0) is 28.9. The average molecular weight is 546 g/mol. The standard InChI is InChI=1S/C30H41F2N3O4/c1-18(36)34-25(14-20-11-22(31)15-23(32)12-20)26(37)17-33-28-24-13-19(16-30(2,3)4)7-8-21(24)9-10-27(28)39-29(38)35(5)6/h7-8,11-13,15,25-28,33,37H,9-10,14,16-17H2,1-6H3,(H,34,36). The maximum Gasteiger partial charge on any atom is 0.409 e. The molecule has 9 heteroatoms. The number of nitrogens with zero attached hydrogens (tertiary/aromatic N) is 1. The van der Waals surface area contributed by atoms with E-state index in [1.54, 1.807) is 14.1 Å². The number of fused-ring (bicyclic) bond motifs is 1. The number of amides is 2. The van der Waals surface area contributed by atoms with Crippen LogP contribution in [-0.2, 0) is 28.8 Å². The minimum Gasteiger partial charge on any atom is -0.444 e. The van der Waals surface area contributed by atoms with Crippen molar-refractivity contribution < 1.29 is 28.2 Å². The summed E-state index contributed by atoms with van der Waals surface area (Å²) >= 11 is 0. The summed E-state index contributed by atoms with van der Waals surface area (Å²) in [5, 5.41) is 17.2. The van der Waals surface area contributed by atoms with Crippen molar-refractivity contribution in [2.75, 3.05) is 20.6 Å². The van der Waals surface area contributed by atoms with Crippen LogP contribution in [0.1, 0.15) is 62.4 Å². The van der Waals surface area contributed by atoms with Crippen molar-refractivity contribution in [3.63, 3.8) is 0 Å². The Hall–Kier alpha value is -3.04. The van der Waals surface area contributed by atoms with E-state index >= 15 is 0 Å². The Kier molecular flexibility index (Phi) is 10.1. The van der Waals surface area contributed by atoms with Crippen LogP contribution in [-0.4, -0.2) is 60.9 Å². The largest absolute Gasteiger partial charge is 0.444 e. The lowest BCUT2D eigenvalue weighted by molar-refractivity contribution is -0.120. The van der Waals surface area contributed by atoms with Crippen LogP contribution in [0.15, 0.2) is 36.4 Å². The molecule has 4 atom stereocenters. The monoisotopic (exact) mass is 545 g/mol. The summed E-state index contributed by atoms with van der Waals surface area (Å²) in [5.74, 6) is -1.83. The summed E-state index contributed by atoms with van der Waals surface area (Å²) in [6.45, 7) is 7.89. The molecule has 2 aromatic rings. The van der Waals surface area contributed by atoms with Gasteiger partial charge in [-0.3, -0.25) is 4.79 Å². The van der Waals surface area contributed by atoms with Crippen LogP contribution in [0.25, 0.3) is 0 Å². The molecule has 0 aromatic heterocycles. The third kappa shape index (κ3) is 9.00. The molecular formula is C30H41F2N3O4. The van der Waals surface area contributed by atoms with E-state index in [1.165, 1.54) is 24.0 Å². The van der Waals surface area contributed by atoms with Gasteiger partial charge in [-0.1, -0.05) is 39.0 Å². The topological polar surface area (TPSA) is 90.9 Å². The van der Waals surface area contributed by atoms with Crippen molar-refractivity contribution in [1.82, 2.24) is 15.5 Å². The van der Waals surface area contributed by atoms with Gasteiger partial charge in [0.15, 0.2) is 0 Å². The predicted octanol–water partition coefficient (Wildman–Crippen LogP) is 4.31. The molecule has 0 fully saturated rings. The van der Waals surface area contributed by atoms with Crippen molar-refractivity contribution in [3.8, 4) is 0 Å². The molecule has 7 nitrogen and oxygen atoms in total. The Morgan fingerprint density at radius 1 is 1.10 bits per heavy atom. The Morgan fingerprint density at radius 3 is 2.36 bits per heavy atom. The first-order valence-electron chi connectivity index (χ1n) is 13.3. The normalized spacial score (nSPS) is 18.6. The van der Waals surface area contributed by atoms with Crippen LogP contribution in [0.4, 0.5) is 13.6 Å². The zero-order valence-electron chi connectivity index (χ0n) is 23.7. The number of aryl methyl sites for hydroxylation is 1. The number of halogens is 2. The van der Waals surface area contributed by atoms with Gasteiger partial charge in [0.1, 0.15) is 17.7 Å². The molecule has 0 radical (unpaired) electrons. The number of carbonyl (C=O) groups is 2. The molecule has 39 heavy (non-hydrogen) atoms. The van der Waals surface area contributed by atoms with E-state index in [-0.39, 0.29) is 24.3 Å². The van der Waals surface area contributed by atoms with Gasteiger partial charge in [0.2, 0.25) is 5.91 Å². The summed E-state index contributed by atoms with van der Waals surface area (Å²) in [4.78, 5) is 25.7. The molecule has 0 heterocycles. The molecule has 0 aliphatic heterocycles. The van der Waals surface area contributed by atoms with Crippen LogP contribution in [0.3, 0.4) is 0 Å². The van der Waals surface area contributed by atoms with E-state index in [1.807, 2.05) is 0 Å². The first-order valence-corrected chi connectivity index (χ1v) is 13.3. The Morgan fingerprint density at radius 2 is 1.77 bits per heavy atom. The zero-order valence-corrected chi connectivity index (χ0v) is 23.7. The highest BCUT2D eigenvalue weighted by atomic mass is 19.1. The highest BCUT2D eigenvalue weighted by molar-refractivity contribution is 5.73. The fourth-order valence-corrected chi connectivity index (χ4v) is 5.07. The number of carbonyl (C=O) groups excluding carboxylic acids is 2. The highest BCUT2D eigenvalue weighted by Gasteiger charge is 2.34. The number of hydrogen-bond donors (Lipinski definition) is 3. The molecule has 2 amide bonds. The summed E-state index contributed by atoms with van der Waals surface area (Å²) in [6.07, 6.45) is 0.244. The Balaban J connectivity index is 1.85. The first-order chi connectivity index (χ1) is 18.2. The summed E-state index contributed by atoms with van der Waals surface area (Å²) < 4.78 is 33.4. The molecule has 0 saturated heterocycles. The van der Waals surface area contributed by atoms with Crippen LogP contribution in [0, 0.1) is 17.0 Å². The van der Waals surface area contributed by atoms with Crippen LogP contribution in [0.2, 0.25) is 0 Å². The number of benzene rings is 2. The second-order valence-electron chi connectivity index (χ2n) is 11.9. The first kappa shape index (κ1) is 30.5. The van der Waals surface area contributed by atoms with Crippen molar-refractivity contribution in [1.29, 1.82) is 0 Å². The molecule has 0 bridgehead atoms. The second kappa shape index (κ2) is 12.9. The summed E-state index contributed by atoms with van der Waals surface area (Å²) in [6, 6.07) is 8.34. The fraction of sp³-hybridized carbons (Fsp3) is 0.533. The van der Waals surface area contributed by atoms with Crippen LogP contribution in [0.5, 0.6) is 0 Å². The molecule has 214 valence electrons. The van der Waals surface area contributed by atoms with Gasteiger partial charge in [-0.2, -0.15) is 0 Å². The molecule has 2 aromatic carbocycles. The lowest BCUT2D eigenvalue weighted by Crippen LogP contribution is -2.50. The smallest absolute Gasteiger partial charge is 0.409 e. The molecule has 0 saturated carbocycles. The van der Waals surface area contributed by atoms with E-state index in [0.29, 0.717) is 12.0 Å². The van der Waals surface area contributed by atoms with E-state index in [2.05, 4.69) is 49.6 Å². The third-order valence-corrected chi connectivity index (χ3v) is 6.75. The number of nitrogens with one attached hydrogen (secondary N) is 2. The Labute approximate surface area is 229 Å². The SMILES string of the molecule is CC(=O)NC(Cc1cc(F)cc(F)c1)C(O)CNC1c2cc(CC(C)(C)C)ccc2CCC1OC(=O)N(C)C. The lowest BCUT2D eigenvalue weighted by Gasteiger charge is -2.36. The number of rotatable bonds is 9. The van der Waals surface area contributed by atoms with Crippen molar-refractivity contribution >= 4 is 12.0 Å². The van der Waals surface area contributed by atoms with Gasteiger partial charge < -0.3 is 25.4 Å². The fourth-order valence-electron chi connectivity index (χ4n) is 5.07. The molecular weight excluding hydrogens is 504 g/mol. The molecule has 3 N–H and O–H groups in total. The molecule has 3 rings (SSSR count). The van der Waals surface area contributed by atoms with Gasteiger partial charge in [0.05, 0.1) is 18.2 Å². The number of aliphatic hydroxyl groups excluding tert-OH is 1. The van der Waals surface area contributed by atoms with E-state index in [0.717, 1.165) is 35.6 Å². The molecule has 1 aliphatic rings. The van der Waals surface area contributed by atoms with Gasteiger partial charge >= 0.3 is 6.09 Å². The van der Waals surface area contributed by atoms with E-state index in [9.17, 15) is 23.5 Å². The van der Waals surface area contributed by atoms with Crippen LogP contribution < -0.4 is 10.6 Å². The Bertz CT molecular complexity index is 1150. The summed E-state index contributed by atoms with van der Waals surface area (Å²) in [7, 11) is 3.25. The molecule has 0 spiro atoms. The minimum atomic E-state index is -1.09. The average Bonchev–Trinajstić information content (AvgIpc) is 2.80. The van der Waals surface area contributed by atoms with Gasteiger partial charge in [-0.05, 0) is 65.5 Å². The van der Waals surface area contributed by atoms with Gasteiger partial charge in [0.25, 0.3) is 0 Å². The minimum absolute atomic E-state index is 0.0349. The summed E-state index contributed by atoms with van der Waals surface area (Å²) in [5.41, 5.74) is 3.72. The number of aliphatic hydroxyl groups is 1. The lowest BCUT2D eigenvalue weighted by atomic mass is 9.81. The maximum atomic E-state index is 13.8. The van der Waals surface area contributed by atoms with Crippen molar-refractivity contribution in [2.24, 2.45) is 5.41 Å². The molecule has 4 unspecified atom stereocenters. The van der Waals surface area contributed by atoms with Gasteiger partial charge in [-0.25, -0.2) is 13.6 Å². The van der Waals surface area contributed by atoms with Crippen molar-refractivity contribution in [3.05, 3.63) is 70.3 Å². The highest BCUT2D eigenvalue weighted by Crippen LogP contribution is 2.34. The van der Waals surface area contributed by atoms with Crippen molar-refractivity contribution in [2.45, 2.75) is 77.7 Å². The van der Waals surface area contributed by atoms with Gasteiger partial charge in [0, 0.05) is 33.6 Å².